The molecule has 21 heavy (non-hydrogen) atoms. The third kappa shape index (κ3) is 3.14. The lowest BCUT2D eigenvalue weighted by Gasteiger charge is -2.05. The molecule has 0 spiro atoms. The Bertz CT molecular complexity index is 769. The molecule has 0 aliphatic rings. The summed E-state index contributed by atoms with van der Waals surface area (Å²) in [5.41, 5.74) is 1.92. The number of aromatic amines is 1. The summed E-state index contributed by atoms with van der Waals surface area (Å²) >= 11 is 0. The van der Waals surface area contributed by atoms with Gasteiger partial charge in [-0.05, 0) is 5.56 Å². The highest BCUT2D eigenvalue weighted by molar-refractivity contribution is 5.57. The van der Waals surface area contributed by atoms with Crippen LogP contribution in [-0.2, 0) is 6.54 Å². The molecule has 3 aromatic rings. The van der Waals surface area contributed by atoms with Crippen LogP contribution >= 0.6 is 0 Å². The normalized spacial score (nSPS) is 10.3. The van der Waals surface area contributed by atoms with Crippen LogP contribution in [0.3, 0.4) is 0 Å². The van der Waals surface area contributed by atoms with Crippen LogP contribution in [0.15, 0.2) is 65.5 Å². The number of benzene rings is 2. The topological polar surface area (TPSA) is 70.7 Å². The summed E-state index contributed by atoms with van der Waals surface area (Å²) in [6.45, 7) is 0.580. The lowest BCUT2D eigenvalue weighted by Crippen LogP contribution is -2.16. The Balaban J connectivity index is 1.77. The highest BCUT2D eigenvalue weighted by Crippen LogP contribution is 2.11. The van der Waals surface area contributed by atoms with Crippen molar-refractivity contribution in [1.29, 1.82) is 0 Å². The minimum absolute atomic E-state index is 0.258. The van der Waals surface area contributed by atoms with E-state index in [0.29, 0.717) is 18.2 Å². The Hall–Kier alpha value is -2.95. The van der Waals surface area contributed by atoms with Crippen molar-refractivity contribution in [3.05, 3.63) is 76.6 Å². The van der Waals surface area contributed by atoms with Gasteiger partial charge < -0.3 is 5.32 Å². The third-order valence-electron chi connectivity index (χ3n) is 3.05. The molecule has 5 heteroatoms. The molecule has 0 radical (unpaired) electrons. The molecule has 2 aromatic carbocycles. The second-order valence-electron chi connectivity index (χ2n) is 4.56. The Morgan fingerprint density at radius 3 is 2.24 bits per heavy atom. The summed E-state index contributed by atoms with van der Waals surface area (Å²) < 4.78 is 0. The van der Waals surface area contributed by atoms with E-state index >= 15 is 0 Å². The average Bonchev–Trinajstić information content (AvgIpc) is 2.55. The van der Waals surface area contributed by atoms with E-state index in [4.69, 9.17) is 0 Å². The third-order valence-corrected chi connectivity index (χ3v) is 3.05. The smallest absolute Gasteiger partial charge is 0.279 e. The second-order valence-corrected chi connectivity index (χ2v) is 4.56. The van der Waals surface area contributed by atoms with Crippen molar-refractivity contribution >= 4 is 5.95 Å². The molecule has 5 nitrogen and oxygen atoms in total. The molecule has 0 aliphatic carbocycles. The van der Waals surface area contributed by atoms with Crippen LogP contribution in [0.2, 0.25) is 0 Å². The summed E-state index contributed by atoms with van der Waals surface area (Å²) in [5.74, 6) is 0.364. The predicted octanol–water partition coefficient (Wildman–Crippen LogP) is 2.44. The Morgan fingerprint density at radius 1 is 0.905 bits per heavy atom. The fourth-order valence-corrected chi connectivity index (χ4v) is 1.98. The van der Waals surface area contributed by atoms with Gasteiger partial charge in [0.05, 0.1) is 0 Å². The van der Waals surface area contributed by atoms with Crippen molar-refractivity contribution in [2.45, 2.75) is 6.54 Å². The maximum absolute atomic E-state index is 12.1. The summed E-state index contributed by atoms with van der Waals surface area (Å²) in [6, 6.07) is 19.1. The molecule has 0 atom stereocenters. The Kier molecular flexibility index (Phi) is 3.73. The number of anilines is 1. The second kappa shape index (κ2) is 6.00. The molecule has 0 aliphatic heterocycles. The number of nitrogens with zero attached hydrogens (tertiary/aromatic N) is 2. The zero-order valence-electron chi connectivity index (χ0n) is 11.3. The lowest BCUT2D eigenvalue weighted by atomic mass is 10.2. The first kappa shape index (κ1) is 13.1. The van der Waals surface area contributed by atoms with Crippen LogP contribution in [0.25, 0.3) is 11.3 Å². The van der Waals surface area contributed by atoms with Crippen LogP contribution < -0.4 is 10.9 Å². The van der Waals surface area contributed by atoms with Crippen molar-refractivity contribution in [3.63, 3.8) is 0 Å². The first-order valence-electron chi connectivity index (χ1n) is 6.63. The molecular formula is C16H14N4O. The van der Waals surface area contributed by atoms with Crippen molar-refractivity contribution in [2.75, 3.05) is 5.32 Å². The lowest BCUT2D eigenvalue weighted by molar-refractivity contribution is 0.931. The Labute approximate surface area is 121 Å². The van der Waals surface area contributed by atoms with E-state index in [1.54, 1.807) is 0 Å². The molecule has 1 heterocycles. The van der Waals surface area contributed by atoms with Crippen molar-refractivity contribution in [1.82, 2.24) is 15.2 Å². The molecule has 0 saturated heterocycles. The highest BCUT2D eigenvalue weighted by Gasteiger charge is 2.06. The monoisotopic (exact) mass is 278 g/mol. The standard InChI is InChI=1S/C16H14N4O/c21-15-14(13-9-5-2-6-10-13)19-20-16(18-15)17-11-12-7-3-1-4-8-12/h1-10H,11H2,(H2,17,18,20,21). The quantitative estimate of drug-likeness (QED) is 0.769. The summed E-state index contributed by atoms with van der Waals surface area (Å²) in [5, 5.41) is 11.1. The fraction of sp³-hybridized carbons (Fsp3) is 0.0625. The summed E-state index contributed by atoms with van der Waals surface area (Å²) in [4.78, 5) is 14.8. The number of hydrogen-bond donors (Lipinski definition) is 2. The van der Waals surface area contributed by atoms with E-state index in [9.17, 15) is 4.79 Å². The van der Waals surface area contributed by atoms with Crippen LogP contribution in [0.4, 0.5) is 5.95 Å². The molecule has 0 amide bonds. The van der Waals surface area contributed by atoms with Crippen molar-refractivity contribution in [3.8, 4) is 11.3 Å². The first-order valence-corrected chi connectivity index (χ1v) is 6.63. The number of nitrogens with one attached hydrogen (secondary N) is 2. The van der Waals surface area contributed by atoms with E-state index in [1.165, 1.54) is 0 Å². The van der Waals surface area contributed by atoms with Gasteiger partial charge in [-0.2, -0.15) is 0 Å². The fourth-order valence-electron chi connectivity index (χ4n) is 1.98. The summed E-state index contributed by atoms with van der Waals surface area (Å²) in [6.07, 6.45) is 0. The van der Waals surface area contributed by atoms with Gasteiger partial charge in [-0.3, -0.25) is 9.78 Å². The van der Waals surface area contributed by atoms with Gasteiger partial charge in [0, 0.05) is 12.1 Å². The maximum atomic E-state index is 12.1. The molecule has 3 rings (SSSR count). The molecule has 0 unspecified atom stereocenters. The zero-order valence-corrected chi connectivity index (χ0v) is 11.3. The number of rotatable bonds is 4. The van der Waals surface area contributed by atoms with Gasteiger partial charge in [-0.25, -0.2) is 0 Å². The molecule has 0 bridgehead atoms. The molecular weight excluding hydrogens is 264 g/mol. The SMILES string of the molecule is O=c1[nH]c(NCc2ccccc2)nnc1-c1ccccc1. The van der Waals surface area contributed by atoms with E-state index in [0.717, 1.165) is 11.1 Å². The van der Waals surface area contributed by atoms with Crippen LogP contribution in [0.1, 0.15) is 5.56 Å². The molecule has 0 fully saturated rings. The van der Waals surface area contributed by atoms with E-state index in [2.05, 4.69) is 20.5 Å². The molecule has 2 N–H and O–H groups in total. The number of aromatic nitrogens is 3. The van der Waals surface area contributed by atoms with Crippen molar-refractivity contribution in [2.24, 2.45) is 0 Å². The number of hydrogen-bond acceptors (Lipinski definition) is 4. The predicted molar refractivity (Wildman–Crippen MR) is 81.9 cm³/mol. The van der Waals surface area contributed by atoms with Gasteiger partial charge in [0.25, 0.3) is 5.56 Å². The van der Waals surface area contributed by atoms with Crippen molar-refractivity contribution < 1.29 is 0 Å². The van der Waals surface area contributed by atoms with E-state index < -0.39 is 0 Å². The van der Waals surface area contributed by atoms with Gasteiger partial charge in [0.15, 0.2) is 5.69 Å². The van der Waals surface area contributed by atoms with Gasteiger partial charge in [-0.1, -0.05) is 60.7 Å². The molecule has 104 valence electrons. The first-order chi connectivity index (χ1) is 10.3. The number of H-pyrrole nitrogens is 1. The maximum Gasteiger partial charge on any atom is 0.279 e. The molecule has 1 aromatic heterocycles. The Morgan fingerprint density at radius 2 is 1.57 bits per heavy atom. The minimum Gasteiger partial charge on any atom is -0.350 e. The van der Waals surface area contributed by atoms with Gasteiger partial charge >= 0.3 is 0 Å². The molecule has 0 saturated carbocycles. The van der Waals surface area contributed by atoms with Gasteiger partial charge in [0.1, 0.15) is 0 Å². The van der Waals surface area contributed by atoms with E-state index in [-0.39, 0.29) is 5.56 Å². The van der Waals surface area contributed by atoms with Crippen LogP contribution in [-0.4, -0.2) is 15.2 Å². The van der Waals surface area contributed by atoms with Crippen LogP contribution in [0.5, 0.6) is 0 Å². The summed E-state index contributed by atoms with van der Waals surface area (Å²) in [7, 11) is 0. The van der Waals surface area contributed by atoms with E-state index in [1.807, 2.05) is 60.7 Å². The van der Waals surface area contributed by atoms with Gasteiger partial charge in [0.2, 0.25) is 5.95 Å². The minimum atomic E-state index is -0.258. The largest absolute Gasteiger partial charge is 0.350 e. The van der Waals surface area contributed by atoms with Crippen LogP contribution in [0, 0.1) is 0 Å². The average molecular weight is 278 g/mol. The van der Waals surface area contributed by atoms with Gasteiger partial charge in [-0.15, -0.1) is 10.2 Å². The highest BCUT2D eigenvalue weighted by atomic mass is 16.1. The zero-order chi connectivity index (χ0) is 14.5.